The van der Waals surface area contributed by atoms with E-state index in [1.54, 1.807) is 16.5 Å². The van der Waals surface area contributed by atoms with Gasteiger partial charge in [0.1, 0.15) is 5.82 Å². The van der Waals surface area contributed by atoms with Crippen LogP contribution in [-0.4, -0.2) is 47.4 Å². The van der Waals surface area contributed by atoms with Crippen LogP contribution in [0.15, 0.2) is 29.1 Å². The molecule has 0 bridgehead atoms. The van der Waals surface area contributed by atoms with E-state index >= 15 is 0 Å². The predicted molar refractivity (Wildman–Crippen MR) is 102 cm³/mol. The number of benzene rings is 1. The molecule has 0 spiro atoms. The van der Waals surface area contributed by atoms with Crippen molar-refractivity contribution in [3.63, 3.8) is 0 Å². The van der Waals surface area contributed by atoms with Crippen molar-refractivity contribution in [2.24, 2.45) is 0 Å². The Morgan fingerprint density at radius 3 is 3.07 bits per heavy atom. The highest BCUT2D eigenvalue weighted by Gasteiger charge is 2.32. The maximum Gasteiger partial charge on any atom is 0.237 e. The maximum atomic E-state index is 14.1. The molecule has 1 atom stereocenters. The fraction of sp³-hybridized carbons (Fsp3) is 0.389. The predicted octanol–water partition coefficient (Wildman–Crippen LogP) is 1.98. The summed E-state index contributed by atoms with van der Waals surface area (Å²) >= 11 is 7.61. The first-order valence-electron chi connectivity index (χ1n) is 8.63. The minimum absolute atomic E-state index is 0.00890. The highest BCUT2D eigenvalue weighted by molar-refractivity contribution is 7.07. The third kappa shape index (κ3) is 5.24. The minimum Gasteiger partial charge on any atom is -0.356 e. The second-order valence-electron chi connectivity index (χ2n) is 6.26. The fourth-order valence-corrected chi connectivity index (χ4v) is 3.81. The summed E-state index contributed by atoms with van der Waals surface area (Å²) in [5.74, 6) is -0.875. The molecule has 1 aliphatic rings. The number of carbonyl (C=O) groups excluding carboxylic acids is 2. The maximum absolute atomic E-state index is 14.1. The van der Waals surface area contributed by atoms with Crippen molar-refractivity contribution in [1.29, 1.82) is 0 Å². The van der Waals surface area contributed by atoms with E-state index in [1.165, 1.54) is 23.5 Å². The van der Waals surface area contributed by atoms with Crippen LogP contribution < -0.4 is 10.6 Å². The van der Waals surface area contributed by atoms with Crippen LogP contribution in [-0.2, 0) is 22.6 Å². The summed E-state index contributed by atoms with van der Waals surface area (Å²) in [6.45, 7) is 1.60. The Labute approximate surface area is 165 Å². The largest absolute Gasteiger partial charge is 0.356 e. The second-order valence-corrected chi connectivity index (χ2v) is 7.39. The number of amides is 2. The van der Waals surface area contributed by atoms with Gasteiger partial charge in [-0.05, 0) is 12.1 Å². The Kier molecular flexibility index (Phi) is 6.76. The molecule has 0 saturated carbocycles. The van der Waals surface area contributed by atoms with Gasteiger partial charge in [-0.15, -0.1) is 11.3 Å². The van der Waals surface area contributed by atoms with Crippen LogP contribution in [0.5, 0.6) is 0 Å². The summed E-state index contributed by atoms with van der Waals surface area (Å²) in [6, 6.07) is 3.83. The number of nitrogens with one attached hydrogen (secondary N) is 2. The lowest BCUT2D eigenvalue weighted by atomic mass is 10.1. The van der Waals surface area contributed by atoms with Gasteiger partial charge in [0.25, 0.3) is 0 Å². The molecule has 1 aromatic heterocycles. The van der Waals surface area contributed by atoms with E-state index < -0.39 is 11.9 Å². The average Bonchev–Trinajstić information content (AvgIpc) is 3.14. The highest BCUT2D eigenvalue weighted by Crippen LogP contribution is 2.23. The second kappa shape index (κ2) is 9.25. The molecule has 2 N–H and O–H groups in total. The third-order valence-electron chi connectivity index (χ3n) is 4.43. The fourth-order valence-electron chi connectivity index (χ4n) is 3.00. The smallest absolute Gasteiger partial charge is 0.237 e. The third-order valence-corrected chi connectivity index (χ3v) is 5.42. The van der Waals surface area contributed by atoms with E-state index in [0.717, 1.165) is 5.69 Å². The van der Waals surface area contributed by atoms with E-state index in [2.05, 4.69) is 15.6 Å². The zero-order chi connectivity index (χ0) is 19.2. The van der Waals surface area contributed by atoms with Crippen LogP contribution in [0, 0.1) is 5.82 Å². The lowest BCUT2D eigenvalue weighted by Gasteiger charge is -2.35. The number of piperazine rings is 1. The van der Waals surface area contributed by atoms with Crippen molar-refractivity contribution in [3.05, 3.63) is 51.2 Å². The van der Waals surface area contributed by atoms with Crippen molar-refractivity contribution in [2.45, 2.75) is 25.4 Å². The van der Waals surface area contributed by atoms with Crippen LogP contribution in [0.25, 0.3) is 0 Å². The molecule has 1 aromatic carbocycles. The number of halogens is 2. The summed E-state index contributed by atoms with van der Waals surface area (Å²) in [6.07, 6.45) is 0.648. The van der Waals surface area contributed by atoms with Gasteiger partial charge in [-0.1, -0.05) is 17.7 Å². The van der Waals surface area contributed by atoms with Crippen LogP contribution >= 0.6 is 22.9 Å². The van der Waals surface area contributed by atoms with Crippen molar-refractivity contribution in [2.75, 3.05) is 19.6 Å². The molecule has 2 amide bonds. The van der Waals surface area contributed by atoms with Gasteiger partial charge < -0.3 is 10.6 Å². The molecule has 9 heteroatoms. The zero-order valence-corrected chi connectivity index (χ0v) is 16.2. The molecule has 1 fully saturated rings. The number of rotatable bonds is 7. The Hall–Kier alpha value is -2.03. The van der Waals surface area contributed by atoms with Gasteiger partial charge in [-0.25, -0.2) is 9.37 Å². The zero-order valence-electron chi connectivity index (χ0n) is 14.6. The first-order valence-corrected chi connectivity index (χ1v) is 9.95. The van der Waals surface area contributed by atoms with Gasteiger partial charge >= 0.3 is 0 Å². The van der Waals surface area contributed by atoms with Crippen LogP contribution in [0.2, 0.25) is 5.02 Å². The van der Waals surface area contributed by atoms with Crippen molar-refractivity contribution in [3.8, 4) is 0 Å². The highest BCUT2D eigenvalue weighted by atomic mass is 35.5. The molecular formula is C18H20ClFN4O2S. The van der Waals surface area contributed by atoms with Gasteiger partial charge in [0.2, 0.25) is 11.8 Å². The molecule has 0 radical (unpaired) electrons. The molecule has 144 valence electrons. The van der Waals surface area contributed by atoms with Crippen molar-refractivity contribution >= 4 is 34.8 Å². The standard InChI is InChI=1S/C18H20ClFN4O2S/c19-14-2-1-3-15(20)13(14)9-24-7-6-22-18(26)16(24)8-17(25)21-5-4-12-10-27-11-23-12/h1-3,10-11,16H,4-9H2,(H,21,25)(H,22,26). The number of nitrogens with zero attached hydrogens (tertiary/aromatic N) is 2. The average molecular weight is 411 g/mol. The van der Waals surface area contributed by atoms with Gasteiger partial charge in [-0.3, -0.25) is 14.5 Å². The summed E-state index contributed by atoms with van der Waals surface area (Å²) < 4.78 is 14.1. The van der Waals surface area contributed by atoms with Crippen LogP contribution in [0.3, 0.4) is 0 Å². The number of carbonyl (C=O) groups is 2. The van der Waals surface area contributed by atoms with Crippen LogP contribution in [0.4, 0.5) is 4.39 Å². The summed E-state index contributed by atoms with van der Waals surface area (Å²) in [5, 5.41) is 7.82. The van der Waals surface area contributed by atoms with Gasteiger partial charge in [0.15, 0.2) is 0 Å². The van der Waals surface area contributed by atoms with Gasteiger partial charge in [0.05, 0.1) is 23.7 Å². The Balaban J connectivity index is 1.60. The molecule has 1 aliphatic heterocycles. The quantitative estimate of drug-likeness (QED) is 0.732. The van der Waals surface area contributed by atoms with E-state index in [-0.39, 0.29) is 24.8 Å². The van der Waals surface area contributed by atoms with E-state index in [4.69, 9.17) is 11.6 Å². The molecule has 27 heavy (non-hydrogen) atoms. The molecule has 1 saturated heterocycles. The molecule has 0 aliphatic carbocycles. The lowest BCUT2D eigenvalue weighted by molar-refractivity contribution is -0.134. The number of aromatic nitrogens is 1. The number of thiazole rings is 1. The molecule has 6 nitrogen and oxygen atoms in total. The van der Waals surface area contributed by atoms with Crippen LogP contribution in [0.1, 0.15) is 17.7 Å². The Morgan fingerprint density at radius 2 is 2.33 bits per heavy atom. The normalized spacial score (nSPS) is 17.6. The molecule has 1 unspecified atom stereocenters. The number of hydrogen-bond donors (Lipinski definition) is 2. The monoisotopic (exact) mass is 410 g/mol. The summed E-state index contributed by atoms with van der Waals surface area (Å²) in [7, 11) is 0. The van der Waals surface area contributed by atoms with E-state index in [9.17, 15) is 14.0 Å². The first-order chi connectivity index (χ1) is 13.0. The molecule has 2 heterocycles. The summed E-state index contributed by atoms with van der Waals surface area (Å²) in [4.78, 5) is 30.5. The Morgan fingerprint density at radius 1 is 1.48 bits per heavy atom. The first kappa shape index (κ1) is 19.7. The van der Waals surface area contributed by atoms with Gasteiger partial charge in [0, 0.05) is 48.6 Å². The van der Waals surface area contributed by atoms with Gasteiger partial charge in [-0.2, -0.15) is 0 Å². The number of hydrogen-bond acceptors (Lipinski definition) is 5. The minimum atomic E-state index is -0.659. The van der Waals surface area contributed by atoms with E-state index in [1.807, 2.05) is 5.38 Å². The summed E-state index contributed by atoms with van der Waals surface area (Å²) in [5.41, 5.74) is 3.00. The Bertz CT molecular complexity index is 782. The molecule has 3 rings (SSSR count). The van der Waals surface area contributed by atoms with E-state index in [0.29, 0.717) is 36.6 Å². The molecule has 2 aromatic rings. The van der Waals surface area contributed by atoms with Crippen molar-refractivity contribution in [1.82, 2.24) is 20.5 Å². The SMILES string of the molecule is O=C(CC1C(=O)NCCN1Cc1c(F)cccc1Cl)NCCc1cscn1. The lowest BCUT2D eigenvalue weighted by Crippen LogP contribution is -2.56. The molecular weight excluding hydrogens is 391 g/mol. The van der Waals surface area contributed by atoms with Crippen molar-refractivity contribution < 1.29 is 14.0 Å². The topological polar surface area (TPSA) is 74.3 Å².